The Morgan fingerprint density at radius 2 is 2.00 bits per heavy atom. The molecular weight excluding hydrogens is 362 g/mol. The van der Waals surface area contributed by atoms with E-state index >= 15 is 0 Å². The second-order valence-electron chi connectivity index (χ2n) is 6.67. The molecule has 1 fully saturated rings. The van der Waals surface area contributed by atoms with Gasteiger partial charge in [0, 0.05) is 13.1 Å². The monoisotopic (exact) mass is 385 g/mol. The van der Waals surface area contributed by atoms with Crippen molar-refractivity contribution in [1.29, 1.82) is 0 Å². The lowest BCUT2D eigenvalue weighted by Crippen LogP contribution is -2.53. The summed E-state index contributed by atoms with van der Waals surface area (Å²) in [6, 6.07) is 14.4. The molecule has 2 aromatic rings. The highest BCUT2D eigenvalue weighted by atomic mass is 16.5. The van der Waals surface area contributed by atoms with Gasteiger partial charge in [-0.15, -0.1) is 0 Å². The molecule has 1 aromatic heterocycles. The van der Waals surface area contributed by atoms with Gasteiger partial charge in [0.2, 0.25) is 0 Å². The normalized spacial score (nSPS) is 18.6. The fourth-order valence-electron chi connectivity index (χ4n) is 3.13. The zero-order valence-corrected chi connectivity index (χ0v) is 15.6. The predicted molar refractivity (Wildman–Crippen MR) is 102 cm³/mol. The van der Waals surface area contributed by atoms with Crippen LogP contribution in [0.3, 0.4) is 0 Å². The zero-order valence-electron chi connectivity index (χ0n) is 15.6. The number of anilines is 1. The summed E-state index contributed by atoms with van der Waals surface area (Å²) < 4.78 is 9.97. The van der Waals surface area contributed by atoms with Crippen LogP contribution in [-0.4, -0.2) is 54.5 Å². The first-order valence-corrected chi connectivity index (χ1v) is 8.95. The Balaban J connectivity index is 1.62. The standard InChI is InChI=1S/C20H23N3O5/c1-27-18(25)16-8-5-9-17(21-16)23-11-10-20(13-23,14-24)22-19(26)28-12-15-6-3-2-4-7-15/h2-9,24H,10-14H2,1H3,(H,22,26). The summed E-state index contributed by atoms with van der Waals surface area (Å²) in [6.45, 7) is 0.833. The van der Waals surface area contributed by atoms with Crippen LogP contribution in [0.5, 0.6) is 0 Å². The average molecular weight is 385 g/mol. The maximum Gasteiger partial charge on any atom is 0.408 e. The lowest BCUT2D eigenvalue weighted by Gasteiger charge is -2.28. The number of esters is 1. The lowest BCUT2D eigenvalue weighted by atomic mass is 10.0. The number of methoxy groups -OCH3 is 1. The Labute approximate surface area is 163 Å². The molecule has 1 aliphatic heterocycles. The number of carbonyl (C=O) groups is 2. The summed E-state index contributed by atoms with van der Waals surface area (Å²) in [7, 11) is 1.30. The van der Waals surface area contributed by atoms with Gasteiger partial charge in [-0.1, -0.05) is 36.4 Å². The van der Waals surface area contributed by atoms with Crippen LogP contribution in [0.1, 0.15) is 22.5 Å². The molecule has 8 heteroatoms. The highest BCUT2D eigenvalue weighted by Gasteiger charge is 2.40. The number of carbonyl (C=O) groups excluding carboxylic acids is 2. The SMILES string of the molecule is COC(=O)c1cccc(N2CCC(CO)(NC(=O)OCc3ccccc3)C2)n1. The number of alkyl carbamates (subject to hydrolysis) is 1. The van der Waals surface area contributed by atoms with Crippen LogP contribution >= 0.6 is 0 Å². The van der Waals surface area contributed by atoms with E-state index in [4.69, 9.17) is 9.47 Å². The summed E-state index contributed by atoms with van der Waals surface area (Å²) >= 11 is 0. The average Bonchev–Trinajstić information content (AvgIpc) is 3.17. The van der Waals surface area contributed by atoms with Crippen LogP contribution in [0.2, 0.25) is 0 Å². The third-order valence-corrected chi connectivity index (χ3v) is 4.69. The maximum absolute atomic E-state index is 12.2. The van der Waals surface area contributed by atoms with Crippen molar-refractivity contribution >= 4 is 17.9 Å². The molecule has 2 heterocycles. The molecule has 3 rings (SSSR count). The molecule has 1 atom stereocenters. The Kier molecular flexibility index (Phi) is 6.10. The van der Waals surface area contributed by atoms with E-state index in [0.29, 0.717) is 25.3 Å². The van der Waals surface area contributed by atoms with Gasteiger partial charge in [-0.25, -0.2) is 14.6 Å². The molecule has 0 radical (unpaired) electrons. The minimum Gasteiger partial charge on any atom is -0.464 e. The van der Waals surface area contributed by atoms with Crippen molar-refractivity contribution in [2.75, 3.05) is 31.7 Å². The third kappa shape index (κ3) is 4.58. The molecule has 0 spiro atoms. The molecule has 1 unspecified atom stereocenters. The van der Waals surface area contributed by atoms with Gasteiger partial charge in [-0.05, 0) is 24.1 Å². The number of aliphatic hydroxyl groups excluding tert-OH is 1. The van der Waals surface area contributed by atoms with Crippen LogP contribution in [0.25, 0.3) is 0 Å². The number of nitrogens with zero attached hydrogens (tertiary/aromatic N) is 2. The number of hydrogen-bond donors (Lipinski definition) is 2. The fourth-order valence-corrected chi connectivity index (χ4v) is 3.13. The Morgan fingerprint density at radius 1 is 1.21 bits per heavy atom. The quantitative estimate of drug-likeness (QED) is 0.731. The lowest BCUT2D eigenvalue weighted by molar-refractivity contribution is 0.0594. The van der Waals surface area contributed by atoms with E-state index < -0.39 is 17.6 Å². The van der Waals surface area contributed by atoms with Crippen molar-refractivity contribution in [3.8, 4) is 0 Å². The van der Waals surface area contributed by atoms with Gasteiger partial charge >= 0.3 is 12.1 Å². The maximum atomic E-state index is 12.2. The smallest absolute Gasteiger partial charge is 0.408 e. The predicted octanol–water partition coefficient (Wildman–Crippen LogP) is 1.74. The largest absolute Gasteiger partial charge is 0.464 e. The molecule has 1 amide bonds. The Bertz CT molecular complexity index is 830. The van der Waals surface area contributed by atoms with Crippen molar-refractivity contribution in [2.45, 2.75) is 18.6 Å². The first-order chi connectivity index (χ1) is 13.5. The van der Waals surface area contributed by atoms with Crippen molar-refractivity contribution in [1.82, 2.24) is 10.3 Å². The molecule has 0 bridgehead atoms. The van der Waals surface area contributed by atoms with Gasteiger partial charge in [0.15, 0.2) is 5.69 Å². The van der Waals surface area contributed by atoms with Gasteiger partial charge in [0.1, 0.15) is 12.4 Å². The molecule has 1 saturated heterocycles. The highest BCUT2D eigenvalue weighted by molar-refractivity contribution is 5.87. The molecule has 0 aliphatic carbocycles. The van der Waals surface area contributed by atoms with Crippen molar-refractivity contribution in [3.63, 3.8) is 0 Å². The second-order valence-corrected chi connectivity index (χ2v) is 6.67. The van der Waals surface area contributed by atoms with Crippen LogP contribution in [-0.2, 0) is 16.1 Å². The van der Waals surface area contributed by atoms with E-state index in [-0.39, 0.29) is 18.9 Å². The van der Waals surface area contributed by atoms with Crippen molar-refractivity contribution < 1.29 is 24.2 Å². The van der Waals surface area contributed by atoms with E-state index in [1.165, 1.54) is 7.11 Å². The molecule has 2 N–H and O–H groups in total. The van der Waals surface area contributed by atoms with Crippen LogP contribution in [0.4, 0.5) is 10.6 Å². The van der Waals surface area contributed by atoms with Crippen molar-refractivity contribution in [2.24, 2.45) is 0 Å². The molecule has 28 heavy (non-hydrogen) atoms. The van der Waals surface area contributed by atoms with E-state index in [9.17, 15) is 14.7 Å². The molecule has 148 valence electrons. The molecule has 0 saturated carbocycles. The van der Waals surface area contributed by atoms with Gasteiger partial charge in [0.05, 0.1) is 19.3 Å². The van der Waals surface area contributed by atoms with Crippen LogP contribution in [0.15, 0.2) is 48.5 Å². The van der Waals surface area contributed by atoms with E-state index in [2.05, 4.69) is 10.3 Å². The number of aliphatic hydroxyl groups is 1. The summed E-state index contributed by atoms with van der Waals surface area (Å²) in [4.78, 5) is 30.1. The molecular formula is C20H23N3O5. The van der Waals surface area contributed by atoms with Crippen LogP contribution < -0.4 is 10.2 Å². The van der Waals surface area contributed by atoms with Gasteiger partial charge < -0.3 is 24.8 Å². The first-order valence-electron chi connectivity index (χ1n) is 8.95. The number of ether oxygens (including phenoxy) is 2. The summed E-state index contributed by atoms with van der Waals surface area (Å²) in [6.07, 6.45) is -0.0651. The van der Waals surface area contributed by atoms with Crippen LogP contribution in [0, 0.1) is 0 Å². The van der Waals surface area contributed by atoms with E-state index in [1.807, 2.05) is 35.2 Å². The molecule has 1 aliphatic rings. The molecule has 1 aromatic carbocycles. The topological polar surface area (TPSA) is 101 Å². The second kappa shape index (κ2) is 8.71. The number of benzene rings is 1. The molecule has 8 nitrogen and oxygen atoms in total. The number of pyridine rings is 1. The number of nitrogens with one attached hydrogen (secondary N) is 1. The number of rotatable bonds is 6. The fraction of sp³-hybridized carbons (Fsp3) is 0.350. The summed E-state index contributed by atoms with van der Waals surface area (Å²) in [5, 5.41) is 12.7. The Morgan fingerprint density at radius 3 is 2.71 bits per heavy atom. The zero-order chi connectivity index (χ0) is 20.0. The summed E-state index contributed by atoms with van der Waals surface area (Å²) in [5.74, 6) is 0.0646. The van der Waals surface area contributed by atoms with Crippen molar-refractivity contribution in [3.05, 3.63) is 59.8 Å². The minimum atomic E-state index is -0.837. The van der Waals surface area contributed by atoms with Gasteiger partial charge in [-0.3, -0.25) is 0 Å². The number of amides is 1. The minimum absolute atomic E-state index is 0.153. The van der Waals surface area contributed by atoms with Gasteiger partial charge in [0.25, 0.3) is 0 Å². The summed E-state index contributed by atoms with van der Waals surface area (Å²) in [5.41, 5.74) is 0.251. The van der Waals surface area contributed by atoms with E-state index in [1.54, 1.807) is 18.2 Å². The number of hydrogen-bond acceptors (Lipinski definition) is 7. The van der Waals surface area contributed by atoms with Gasteiger partial charge in [-0.2, -0.15) is 0 Å². The number of aromatic nitrogens is 1. The third-order valence-electron chi connectivity index (χ3n) is 4.69. The highest BCUT2D eigenvalue weighted by Crippen LogP contribution is 2.26. The Hall–Kier alpha value is -3.13. The first kappa shape index (κ1) is 19.6. The van der Waals surface area contributed by atoms with E-state index in [0.717, 1.165) is 5.56 Å².